The van der Waals surface area contributed by atoms with E-state index in [0.717, 1.165) is 26.2 Å². The Labute approximate surface area is 161 Å². The number of amides is 2. The molecule has 2 aromatic carbocycles. The SMILES string of the molecule is O=C1NC(=O)/C(=[C]2\C3=[C](CC(=O)c4ccccc4)[In]2[c]2ccccc23)S1. The van der Waals surface area contributed by atoms with E-state index in [1.165, 1.54) is 12.2 Å². The van der Waals surface area contributed by atoms with Crippen molar-refractivity contribution in [3.63, 3.8) is 0 Å². The fraction of sp³-hybridized carbons (Fsp3) is 0.0500. The molecule has 2 bridgehead atoms. The van der Waals surface area contributed by atoms with Crippen molar-refractivity contribution in [2.75, 3.05) is 0 Å². The van der Waals surface area contributed by atoms with Gasteiger partial charge in [0.25, 0.3) is 0 Å². The standard InChI is InChI=1S/C20H12NO3S.In/c22-17(15-9-5-2-6-10-15)12-11-16(14-7-3-1-4-8-14)13-18-19(23)21-20(24)25-18;/h1-7,9-10H,12H2,(H,21,23,24);. The first-order valence-electron chi connectivity index (χ1n) is 8.33. The minimum atomic E-state index is -2.58. The van der Waals surface area contributed by atoms with E-state index in [0.29, 0.717) is 11.3 Å². The number of carbonyl (C=O) groups is 3. The first-order valence-corrected chi connectivity index (χ1v) is 14.1. The molecule has 4 nitrogen and oxygen atoms in total. The van der Waals surface area contributed by atoms with Crippen molar-refractivity contribution in [2.45, 2.75) is 6.42 Å². The summed E-state index contributed by atoms with van der Waals surface area (Å²) in [6.45, 7) is 0. The number of rotatable bonds is 3. The van der Waals surface area contributed by atoms with Crippen molar-refractivity contribution in [3.8, 4) is 0 Å². The second-order valence-electron chi connectivity index (χ2n) is 6.47. The molecule has 0 aromatic heterocycles. The van der Waals surface area contributed by atoms with Crippen LogP contribution in [0.2, 0.25) is 0 Å². The van der Waals surface area contributed by atoms with Gasteiger partial charge in [0.2, 0.25) is 0 Å². The van der Waals surface area contributed by atoms with Gasteiger partial charge in [-0.1, -0.05) is 0 Å². The molecular formula is C20H12InNO3S. The molecule has 2 aromatic rings. The molecule has 0 saturated carbocycles. The van der Waals surface area contributed by atoms with Crippen LogP contribution in [0, 0.1) is 0 Å². The third-order valence-corrected chi connectivity index (χ3v) is 16.5. The van der Waals surface area contributed by atoms with Crippen LogP contribution in [-0.2, 0) is 4.79 Å². The van der Waals surface area contributed by atoms with Crippen LogP contribution in [0.3, 0.4) is 0 Å². The van der Waals surface area contributed by atoms with E-state index in [9.17, 15) is 14.4 Å². The second-order valence-corrected chi connectivity index (χ2v) is 15.3. The molecule has 0 radical (unpaired) electrons. The molecule has 6 heteroatoms. The molecule has 1 fully saturated rings. The summed E-state index contributed by atoms with van der Waals surface area (Å²) in [5, 5.41) is 2.06. The summed E-state index contributed by atoms with van der Waals surface area (Å²) in [5.74, 6) is -0.160. The van der Waals surface area contributed by atoms with E-state index >= 15 is 0 Å². The first-order chi connectivity index (χ1) is 12.6. The number of imide groups is 1. The Bertz CT molecular complexity index is 1070. The Hall–Kier alpha value is -2.05. The number of hydrogen-bond acceptors (Lipinski definition) is 4. The molecule has 0 aliphatic carbocycles. The molecule has 2 amide bonds. The van der Waals surface area contributed by atoms with Crippen molar-refractivity contribution >= 4 is 59.0 Å². The van der Waals surface area contributed by atoms with Crippen molar-refractivity contribution in [2.24, 2.45) is 0 Å². The second kappa shape index (κ2) is 5.99. The van der Waals surface area contributed by atoms with Crippen LogP contribution in [-0.4, -0.2) is 38.4 Å². The molecule has 6 rings (SSSR count). The fourth-order valence-corrected chi connectivity index (χ4v) is 16.5. The molecule has 124 valence electrons. The van der Waals surface area contributed by atoms with Crippen molar-refractivity contribution < 1.29 is 14.4 Å². The Morgan fingerprint density at radius 3 is 2.42 bits per heavy atom. The Balaban J connectivity index is 1.58. The van der Waals surface area contributed by atoms with E-state index in [4.69, 9.17) is 0 Å². The molecule has 1 N–H and O–H groups in total. The third kappa shape index (κ3) is 2.28. The van der Waals surface area contributed by atoms with Gasteiger partial charge >= 0.3 is 162 Å². The van der Waals surface area contributed by atoms with Gasteiger partial charge in [-0.15, -0.1) is 0 Å². The molecule has 4 aliphatic rings. The molecular weight excluding hydrogens is 449 g/mol. The van der Waals surface area contributed by atoms with Crippen molar-refractivity contribution in [3.05, 3.63) is 77.3 Å². The molecule has 0 spiro atoms. The fourth-order valence-electron chi connectivity index (χ4n) is 4.02. The van der Waals surface area contributed by atoms with Gasteiger partial charge in [-0.05, 0) is 0 Å². The van der Waals surface area contributed by atoms with Crippen LogP contribution in [0.25, 0.3) is 5.57 Å². The molecule has 4 aliphatic heterocycles. The van der Waals surface area contributed by atoms with E-state index < -0.39 is 21.4 Å². The molecule has 26 heavy (non-hydrogen) atoms. The summed E-state index contributed by atoms with van der Waals surface area (Å²) in [7, 11) is 0. The Morgan fingerprint density at radius 2 is 1.73 bits per heavy atom. The van der Waals surface area contributed by atoms with Crippen LogP contribution in [0.1, 0.15) is 22.3 Å². The van der Waals surface area contributed by atoms with Crippen LogP contribution in [0.4, 0.5) is 4.79 Å². The number of carbonyl (C=O) groups excluding carboxylic acids is 3. The van der Waals surface area contributed by atoms with Gasteiger partial charge in [-0.25, -0.2) is 0 Å². The maximum absolute atomic E-state index is 12.7. The summed E-state index contributed by atoms with van der Waals surface area (Å²) in [6.07, 6.45) is 0.422. The average Bonchev–Trinajstić information content (AvgIpc) is 3.26. The first kappa shape index (κ1) is 16.1. The zero-order valence-electron chi connectivity index (χ0n) is 13.6. The van der Waals surface area contributed by atoms with E-state index in [2.05, 4.69) is 17.4 Å². The number of allylic oxidation sites excluding steroid dienone is 3. The Morgan fingerprint density at radius 1 is 1.00 bits per heavy atom. The van der Waals surface area contributed by atoms with Crippen LogP contribution >= 0.6 is 11.8 Å². The van der Waals surface area contributed by atoms with Gasteiger partial charge in [0.1, 0.15) is 0 Å². The average molecular weight is 461 g/mol. The summed E-state index contributed by atoms with van der Waals surface area (Å²) in [6, 6.07) is 17.5. The van der Waals surface area contributed by atoms with Gasteiger partial charge < -0.3 is 0 Å². The van der Waals surface area contributed by atoms with Gasteiger partial charge in [-0.3, -0.25) is 0 Å². The number of Topliss-reactive ketones (excluding diaryl/α,β-unsaturated/α-hetero) is 1. The predicted molar refractivity (Wildman–Crippen MR) is 102 cm³/mol. The molecule has 0 unspecified atom stereocenters. The summed E-state index contributed by atoms with van der Waals surface area (Å²) >= 11 is -1.57. The molecule has 1 saturated heterocycles. The zero-order valence-corrected chi connectivity index (χ0v) is 17.7. The van der Waals surface area contributed by atoms with Gasteiger partial charge in [0, 0.05) is 0 Å². The monoisotopic (exact) mass is 461 g/mol. The normalized spacial score (nSPS) is 20.2. The predicted octanol–water partition coefficient (Wildman–Crippen LogP) is 2.76. The summed E-state index contributed by atoms with van der Waals surface area (Å²) < 4.78 is 3.70. The van der Waals surface area contributed by atoms with Crippen LogP contribution in [0.5, 0.6) is 0 Å². The number of benzene rings is 2. The number of thioether (sulfide) groups is 1. The van der Waals surface area contributed by atoms with Crippen LogP contribution in [0.15, 0.2) is 66.2 Å². The number of hydrogen-bond donors (Lipinski definition) is 1. The van der Waals surface area contributed by atoms with E-state index in [-0.39, 0.29) is 16.9 Å². The third-order valence-electron chi connectivity index (χ3n) is 5.08. The quantitative estimate of drug-likeness (QED) is 0.565. The maximum atomic E-state index is 12.7. The minimum absolute atomic E-state index is 0.122. The number of nitrogens with one attached hydrogen (secondary N) is 1. The van der Waals surface area contributed by atoms with Crippen molar-refractivity contribution in [1.82, 2.24) is 5.32 Å². The van der Waals surface area contributed by atoms with Gasteiger partial charge in [0.05, 0.1) is 0 Å². The van der Waals surface area contributed by atoms with Gasteiger partial charge in [-0.2, -0.15) is 0 Å². The van der Waals surface area contributed by atoms with Gasteiger partial charge in [0.15, 0.2) is 0 Å². The van der Waals surface area contributed by atoms with E-state index in [1.807, 2.05) is 42.5 Å². The van der Waals surface area contributed by atoms with Crippen molar-refractivity contribution in [1.29, 1.82) is 0 Å². The summed E-state index contributed by atoms with van der Waals surface area (Å²) in [5.41, 5.74) is 2.96. The zero-order chi connectivity index (χ0) is 17.8. The van der Waals surface area contributed by atoms with Crippen LogP contribution < -0.4 is 8.64 Å². The number of ketones is 1. The summed E-state index contributed by atoms with van der Waals surface area (Å²) in [4.78, 5) is 37.1. The molecule has 0 atom stereocenters. The van der Waals surface area contributed by atoms with E-state index in [1.54, 1.807) is 0 Å². The molecule has 4 heterocycles. The Kier molecular flexibility index (Phi) is 3.72. The topological polar surface area (TPSA) is 63.2 Å².